The van der Waals surface area contributed by atoms with Crippen LogP contribution in [-0.2, 0) is 7.05 Å². The van der Waals surface area contributed by atoms with Crippen LogP contribution in [0.4, 0.5) is 0 Å². The summed E-state index contributed by atoms with van der Waals surface area (Å²) in [5, 5.41) is 0. The molecule has 1 fully saturated rings. The molecular formula is C10H14N2O2. The summed E-state index contributed by atoms with van der Waals surface area (Å²) in [6.07, 6.45) is 6.92. The number of hydrogen-bond donors (Lipinski definition) is 0. The van der Waals surface area contributed by atoms with E-state index in [1.807, 2.05) is 0 Å². The second kappa shape index (κ2) is 3.82. The Kier molecular flexibility index (Phi) is 2.52. The van der Waals surface area contributed by atoms with Crippen molar-refractivity contribution in [1.82, 2.24) is 9.55 Å². The Labute approximate surface area is 82.5 Å². The Balaban J connectivity index is 2.01. The summed E-state index contributed by atoms with van der Waals surface area (Å²) in [6.45, 7) is 0.631. The van der Waals surface area contributed by atoms with Gasteiger partial charge < -0.3 is 9.30 Å². The molecule has 1 aliphatic rings. The molecule has 0 amide bonds. The largest absolute Gasteiger partial charge is 0.473 e. The molecule has 4 nitrogen and oxygen atoms in total. The van der Waals surface area contributed by atoms with Crippen LogP contribution >= 0.6 is 0 Å². The molecule has 0 spiro atoms. The number of rotatable bonds is 3. The Hall–Kier alpha value is -1.32. The van der Waals surface area contributed by atoms with Gasteiger partial charge in [0.1, 0.15) is 0 Å². The lowest BCUT2D eigenvalue weighted by Crippen LogP contribution is -2.24. The predicted molar refractivity (Wildman–Crippen MR) is 52.3 cm³/mol. The molecule has 0 aromatic carbocycles. The van der Waals surface area contributed by atoms with Crippen molar-refractivity contribution >= 4 is 0 Å². The van der Waals surface area contributed by atoms with Gasteiger partial charge in [-0.1, -0.05) is 6.42 Å². The molecule has 1 heterocycles. The van der Waals surface area contributed by atoms with Crippen LogP contribution in [0.15, 0.2) is 17.2 Å². The third-order valence-electron chi connectivity index (χ3n) is 2.67. The molecule has 0 aliphatic heterocycles. The molecule has 0 bridgehead atoms. The minimum Gasteiger partial charge on any atom is -0.473 e. The fourth-order valence-corrected chi connectivity index (χ4v) is 1.43. The van der Waals surface area contributed by atoms with E-state index >= 15 is 0 Å². The molecule has 0 unspecified atom stereocenters. The number of aryl methyl sites for hydroxylation is 1. The fourth-order valence-electron chi connectivity index (χ4n) is 1.43. The van der Waals surface area contributed by atoms with Crippen molar-refractivity contribution in [2.45, 2.75) is 19.3 Å². The molecule has 0 saturated heterocycles. The molecule has 14 heavy (non-hydrogen) atoms. The third-order valence-corrected chi connectivity index (χ3v) is 2.67. The maximum absolute atomic E-state index is 11.5. The summed E-state index contributed by atoms with van der Waals surface area (Å²) in [4.78, 5) is 15.4. The first kappa shape index (κ1) is 9.24. The summed E-state index contributed by atoms with van der Waals surface area (Å²) in [5.74, 6) is 0.851. The highest BCUT2D eigenvalue weighted by Gasteiger charge is 2.18. The number of ether oxygens (including phenoxy) is 1. The highest BCUT2D eigenvalue weighted by molar-refractivity contribution is 5.03. The minimum atomic E-state index is -0.160. The first-order valence-corrected chi connectivity index (χ1v) is 4.92. The summed E-state index contributed by atoms with van der Waals surface area (Å²) in [5.41, 5.74) is -0.160. The molecule has 2 rings (SSSR count). The van der Waals surface area contributed by atoms with Crippen LogP contribution in [0.25, 0.3) is 0 Å². The lowest BCUT2D eigenvalue weighted by molar-refractivity contribution is 0.173. The molecule has 4 heteroatoms. The van der Waals surface area contributed by atoms with Crippen molar-refractivity contribution < 1.29 is 4.74 Å². The van der Waals surface area contributed by atoms with Gasteiger partial charge in [-0.15, -0.1) is 0 Å². The fraction of sp³-hybridized carbons (Fsp3) is 0.600. The van der Waals surface area contributed by atoms with Crippen LogP contribution < -0.4 is 10.3 Å². The summed E-state index contributed by atoms with van der Waals surface area (Å²) >= 11 is 0. The zero-order chi connectivity index (χ0) is 9.97. The van der Waals surface area contributed by atoms with E-state index < -0.39 is 0 Å². The average Bonchev–Trinajstić information content (AvgIpc) is 2.09. The van der Waals surface area contributed by atoms with E-state index in [4.69, 9.17) is 4.74 Å². The quantitative estimate of drug-likeness (QED) is 0.719. The molecule has 1 aliphatic carbocycles. The highest BCUT2D eigenvalue weighted by atomic mass is 16.5. The molecule has 0 atom stereocenters. The van der Waals surface area contributed by atoms with Crippen LogP contribution in [0.3, 0.4) is 0 Å². The van der Waals surface area contributed by atoms with Gasteiger partial charge in [0.2, 0.25) is 0 Å². The van der Waals surface area contributed by atoms with Gasteiger partial charge in [0.15, 0.2) is 0 Å². The van der Waals surface area contributed by atoms with Crippen molar-refractivity contribution in [2.24, 2.45) is 13.0 Å². The standard InChI is InChI=1S/C10H14N2O2/c1-12-6-5-11-9(10(12)13)14-7-8-3-2-4-8/h5-6,8H,2-4,7H2,1H3. The van der Waals surface area contributed by atoms with E-state index in [2.05, 4.69) is 4.98 Å². The number of hydrogen-bond acceptors (Lipinski definition) is 3. The molecule has 0 radical (unpaired) electrons. The molecule has 0 N–H and O–H groups in total. The Morgan fingerprint density at radius 3 is 3.07 bits per heavy atom. The normalized spacial score (nSPS) is 16.4. The first-order valence-electron chi connectivity index (χ1n) is 4.92. The van der Waals surface area contributed by atoms with Gasteiger partial charge in [0.25, 0.3) is 5.88 Å². The third kappa shape index (κ3) is 1.78. The first-order chi connectivity index (χ1) is 6.77. The van der Waals surface area contributed by atoms with E-state index in [9.17, 15) is 4.79 Å². The predicted octanol–water partition coefficient (Wildman–Crippen LogP) is 0.959. The molecule has 1 saturated carbocycles. The minimum absolute atomic E-state index is 0.160. The van der Waals surface area contributed by atoms with Crippen molar-refractivity contribution in [1.29, 1.82) is 0 Å². The van der Waals surface area contributed by atoms with Gasteiger partial charge in [-0.2, -0.15) is 0 Å². The SMILES string of the molecule is Cn1ccnc(OCC2CCC2)c1=O. The van der Waals surface area contributed by atoms with Gasteiger partial charge in [-0.05, 0) is 18.8 Å². The van der Waals surface area contributed by atoms with Gasteiger partial charge in [-0.3, -0.25) is 4.79 Å². The van der Waals surface area contributed by atoms with Crippen LogP contribution in [0.1, 0.15) is 19.3 Å². The zero-order valence-electron chi connectivity index (χ0n) is 8.27. The van der Waals surface area contributed by atoms with Crippen LogP contribution in [0.2, 0.25) is 0 Å². The maximum Gasteiger partial charge on any atom is 0.313 e. The van der Waals surface area contributed by atoms with E-state index in [-0.39, 0.29) is 11.4 Å². The van der Waals surface area contributed by atoms with Crippen molar-refractivity contribution in [3.05, 3.63) is 22.7 Å². The van der Waals surface area contributed by atoms with Crippen molar-refractivity contribution in [2.75, 3.05) is 6.61 Å². The second-order valence-electron chi connectivity index (χ2n) is 3.76. The zero-order valence-corrected chi connectivity index (χ0v) is 8.27. The van der Waals surface area contributed by atoms with Crippen molar-refractivity contribution in [3.8, 4) is 5.88 Å². The van der Waals surface area contributed by atoms with Gasteiger partial charge in [0.05, 0.1) is 6.61 Å². The number of aromatic nitrogens is 2. The van der Waals surface area contributed by atoms with Crippen molar-refractivity contribution in [3.63, 3.8) is 0 Å². The van der Waals surface area contributed by atoms with Crippen LogP contribution in [-0.4, -0.2) is 16.2 Å². The molecule has 1 aromatic rings. The van der Waals surface area contributed by atoms with Gasteiger partial charge in [0, 0.05) is 19.4 Å². The van der Waals surface area contributed by atoms with Gasteiger partial charge in [-0.25, -0.2) is 4.98 Å². The summed E-state index contributed by atoms with van der Waals surface area (Å²) < 4.78 is 6.85. The van der Waals surface area contributed by atoms with Crippen LogP contribution in [0.5, 0.6) is 5.88 Å². The highest BCUT2D eigenvalue weighted by Crippen LogP contribution is 2.26. The van der Waals surface area contributed by atoms with E-state index in [1.165, 1.54) is 23.8 Å². The van der Waals surface area contributed by atoms with E-state index in [1.54, 1.807) is 19.4 Å². The second-order valence-corrected chi connectivity index (χ2v) is 3.76. The Bertz CT molecular complexity index is 369. The summed E-state index contributed by atoms with van der Waals surface area (Å²) in [7, 11) is 1.69. The maximum atomic E-state index is 11.5. The van der Waals surface area contributed by atoms with E-state index in [0.29, 0.717) is 12.5 Å². The molecule has 76 valence electrons. The van der Waals surface area contributed by atoms with E-state index in [0.717, 1.165) is 0 Å². The number of nitrogens with zero attached hydrogens (tertiary/aromatic N) is 2. The monoisotopic (exact) mass is 194 g/mol. The Morgan fingerprint density at radius 1 is 1.64 bits per heavy atom. The smallest absolute Gasteiger partial charge is 0.313 e. The lowest BCUT2D eigenvalue weighted by atomic mass is 9.86. The topological polar surface area (TPSA) is 44.1 Å². The summed E-state index contributed by atoms with van der Waals surface area (Å²) in [6, 6.07) is 0. The van der Waals surface area contributed by atoms with Crippen LogP contribution in [0, 0.1) is 5.92 Å². The molecular weight excluding hydrogens is 180 g/mol. The average molecular weight is 194 g/mol. The Morgan fingerprint density at radius 2 is 2.43 bits per heavy atom. The molecule has 1 aromatic heterocycles. The lowest BCUT2D eigenvalue weighted by Gasteiger charge is -2.24. The van der Waals surface area contributed by atoms with Gasteiger partial charge >= 0.3 is 5.56 Å².